The summed E-state index contributed by atoms with van der Waals surface area (Å²) >= 11 is 0. The van der Waals surface area contributed by atoms with E-state index in [4.69, 9.17) is 15.0 Å². The molecule has 3 aromatic rings. The molecular weight excluding hydrogens is 402 g/mol. The van der Waals surface area contributed by atoms with Crippen molar-refractivity contribution in [2.45, 2.75) is 13.5 Å². The highest BCUT2D eigenvalue weighted by Crippen LogP contribution is 2.26. The molecule has 2 heterocycles. The van der Waals surface area contributed by atoms with Crippen LogP contribution in [-0.2, 0) is 11.3 Å². The Hall–Kier alpha value is -3.76. The lowest BCUT2D eigenvalue weighted by atomic mass is 10.0. The second-order valence-corrected chi connectivity index (χ2v) is 7.53. The van der Waals surface area contributed by atoms with E-state index in [2.05, 4.69) is 16.0 Å². The van der Waals surface area contributed by atoms with Crippen LogP contribution in [0.25, 0.3) is 11.3 Å². The number of aromatic nitrogens is 2. The first-order valence-corrected chi connectivity index (χ1v) is 10.7. The van der Waals surface area contributed by atoms with Crippen molar-refractivity contribution in [2.24, 2.45) is 0 Å². The minimum atomic E-state index is -0.121. The molecule has 1 aliphatic heterocycles. The molecule has 0 saturated carbocycles. The van der Waals surface area contributed by atoms with E-state index in [0.29, 0.717) is 62.2 Å². The van der Waals surface area contributed by atoms with Crippen LogP contribution in [0.15, 0.2) is 60.8 Å². The zero-order chi connectivity index (χ0) is 22.3. The molecule has 1 saturated heterocycles. The zero-order valence-corrected chi connectivity index (χ0v) is 18.1. The molecule has 1 amide bonds. The second-order valence-electron chi connectivity index (χ2n) is 7.53. The predicted molar refractivity (Wildman–Crippen MR) is 122 cm³/mol. The topological polar surface area (TPSA) is 82.3 Å². The summed E-state index contributed by atoms with van der Waals surface area (Å²) in [6.07, 6.45) is 1.63. The zero-order valence-electron chi connectivity index (χ0n) is 18.1. The molecule has 1 aliphatic rings. The predicted octanol–water partition coefficient (Wildman–Crippen LogP) is 3.51. The highest BCUT2D eigenvalue weighted by molar-refractivity contribution is 5.99. The average molecular weight is 428 g/mol. The Morgan fingerprint density at radius 3 is 2.50 bits per heavy atom. The first kappa shape index (κ1) is 21.5. The third-order valence-corrected chi connectivity index (χ3v) is 5.47. The van der Waals surface area contributed by atoms with E-state index in [-0.39, 0.29) is 5.91 Å². The van der Waals surface area contributed by atoms with E-state index in [1.54, 1.807) is 23.2 Å². The number of anilines is 1. The second kappa shape index (κ2) is 10.0. The summed E-state index contributed by atoms with van der Waals surface area (Å²) < 4.78 is 5.44. The monoisotopic (exact) mass is 427 g/mol. The quantitative estimate of drug-likeness (QED) is 0.599. The van der Waals surface area contributed by atoms with E-state index in [0.717, 1.165) is 11.1 Å². The maximum absolute atomic E-state index is 13.5. The van der Waals surface area contributed by atoms with Gasteiger partial charge in [-0.3, -0.25) is 4.79 Å². The normalized spacial score (nSPS) is 13.4. The number of ether oxygens (including phenoxy) is 1. The Morgan fingerprint density at radius 1 is 1.12 bits per heavy atom. The van der Waals surface area contributed by atoms with Crippen LogP contribution in [0.2, 0.25) is 0 Å². The average Bonchev–Trinajstić information content (AvgIpc) is 2.87. The fourth-order valence-electron chi connectivity index (χ4n) is 3.67. The summed E-state index contributed by atoms with van der Waals surface area (Å²) in [5.74, 6) is 0.458. The molecule has 0 bridgehead atoms. The van der Waals surface area contributed by atoms with Gasteiger partial charge in [-0.05, 0) is 24.6 Å². The summed E-state index contributed by atoms with van der Waals surface area (Å²) in [6.45, 7) is 5.68. The van der Waals surface area contributed by atoms with Gasteiger partial charge in [0.05, 0.1) is 36.1 Å². The number of amides is 1. The third kappa shape index (κ3) is 4.76. The van der Waals surface area contributed by atoms with Gasteiger partial charge in [-0.15, -0.1) is 0 Å². The molecule has 0 N–H and O–H groups in total. The number of rotatable bonds is 6. The summed E-state index contributed by atoms with van der Waals surface area (Å²) in [4.78, 5) is 26.7. The molecule has 1 fully saturated rings. The fraction of sp³-hybridized carbons (Fsp3) is 0.280. The van der Waals surface area contributed by atoms with Crippen LogP contribution >= 0.6 is 0 Å². The number of benzene rings is 2. The van der Waals surface area contributed by atoms with E-state index in [1.165, 1.54) is 0 Å². The van der Waals surface area contributed by atoms with Gasteiger partial charge in [0.15, 0.2) is 0 Å². The molecule has 0 unspecified atom stereocenters. The summed E-state index contributed by atoms with van der Waals surface area (Å²) in [5, 5.41) is 9.15. The molecule has 32 heavy (non-hydrogen) atoms. The largest absolute Gasteiger partial charge is 0.378 e. The van der Waals surface area contributed by atoms with Gasteiger partial charge >= 0.3 is 0 Å². The van der Waals surface area contributed by atoms with Crippen molar-refractivity contribution in [1.29, 1.82) is 5.26 Å². The number of nitrogens with zero attached hydrogens (tertiary/aromatic N) is 5. The lowest BCUT2D eigenvalue weighted by Crippen LogP contribution is -2.37. The Bertz CT molecular complexity index is 1100. The molecule has 7 heteroatoms. The number of nitriles is 1. The summed E-state index contributed by atoms with van der Waals surface area (Å²) in [7, 11) is 0. The molecule has 0 spiro atoms. The first-order valence-electron chi connectivity index (χ1n) is 10.7. The van der Waals surface area contributed by atoms with Gasteiger partial charge in [0.1, 0.15) is 0 Å². The molecule has 162 valence electrons. The smallest absolute Gasteiger partial charge is 0.257 e. The Morgan fingerprint density at radius 2 is 1.84 bits per heavy atom. The van der Waals surface area contributed by atoms with Crippen LogP contribution in [0.5, 0.6) is 0 Å². The number of carbonyl (C=O) groups is 1. The van der Waals surface area contributed by atoms with E-state index >= 15 is 0 Å². The van der Waals surface area contributed by atoms with Crippen LogP contribution in [0.4, 0.5) is 5.95 Å². The van der Waals surface area contributed by atoms with Gasteiger partial charge in [0.25, 0.3) is 5.91 Å². The van der Waals surface area contributed by atoms with E-state index in [1.807, 2.05) is 49.4 Å². The maximum atomic E-state index is 13.5. The van der Waals surface area contributed by atoms with Crippen molar-refractivity contribution < 1.29 is 9.53 Å². The van der Waals surface area contributed by atoms with Crippen LogP contribution in [0.3, 0.4) is 0 Å². The number of hydrogen-bond donors (Lipinski definition) is 0. The standard InChI is InChI=1S/C25H25N5O2/c1-2-29(18-20-6-4-3-5-7-20)24(31)22-17-27-25(30-12-14-32-15-13-30)28-23(22)21-10-8-19(16-26)9-11-21/h3-11,17H,2,12-15,18H2,1H3. The van der Waals surface area contributed by atoms with Gasteiger partial charge in [-0.1, -0.05) is 42.5 Å². The van der Waals surface area contributed by atoms with E-state index in [9.17, 15) is 4.79 Å². The van der Waals surface area contributed by atoms with Crippen molar-refractivity contribution in [2.75, 3.05) is 37.7 Å². The van der Waals surface area contributed by atoms with Crippen LogP contribution in [0, 0.1) is 11.3 Å². The molecule has 0 radical (unpaired) electrons. The number of morpholine rings is 1. The molecule has 2 aromatic carbocycles. The number of carbonyl (C=O) groups excluding carboxylic acids is 1. The third-order valence-electron chi connectivity index (χ3n) is 5.47. The minimum Gasteiger partial charge on any atom is -0.378 e. The van der Waals surface area contributed by atoms with Crippen molar-refractivity contribution in [3.8, 4) is 17.3 Å². The molecule has 0 aliphatic carbocycles. The molecule has 1 aromatic heterocycles. The number of hydrogen-bond acceptors (Lipinski definition) is 6. The minimum absolute atomic E-state index is 0.121. The summed E-state index contributed by atoms with van der Waals surface area (Å²) in [5.41, 5.74) is 3.42. The Kier molecular flexibility index (Phi) is 6.73. The Balaban J connectivity index is 1.72. The lowest BCUT2D eigenvalue weighted by molar-refractivity contribution is 0.0752. The van der Waals surface area contributed by atoms with E-state index < -0.39 is 0 Å². The van der Waals surface area contributed by atoms with Gasteiger partial charge in [-0.25, -0.2) is 9.97 Å². The van der Waals surface area contributed by atoms with Crippen molar-refractivity contribution in [3.63, 3.8) is 0 Å². The van der Waals surface area contributed by atoms with Crippen LogP contribution in [-0.4, -0.2) is 53.6 Å². The van der Waals surface area contributed by atoms with Gasteiger partial charge in [-0.2, -0.15) is 5.26 Å². The first-order chi connectivity index (χ1) is 15.7. The van der Waals surface area contributed by atoms with Crippen LogP contribution < -0.4 is 4.90 Å². The lowest BCUT2D eigenvalue weighted by Gasteiger charge is -2.28. The van der Waals surface area contributed by atoms with Crippen molar-refractivity contribution in [1.82, 2.24) is 14.9 Å². The maximum Gasteiger partial charge on any atom is 0.257 e. The highest BCUT2D eigenvalue weighted by atomic mass is 16.5. The van der Waals surface area contributed by atoms with Crippen LogP contribution in [0.1, 0.15) is 28.4 Å². The highest BCUT2D eigenvalue weighted by Gasteiger charge is 2.23. The van der Waals surface area contributed by atoms with Gasteiger partial charge in [0.2, 0.25) is 5.95 Å². The summed E-state index contributed by atoms with van der Waals surface area (Å²) in [6, 6.07) is 19.2. The fourth-order valence-corrected chi connectivity index (χ4v) is 3.67. The van der Waals surface area contributed by atoms with Gasteiger partial charge < -0.3 is 14.5 Å². The molecule has 7 nitrogen and oxygen atoms in total. The SMILES string of the molecule is CCN(Cc1ccccc1)C(=O)c1cnc(N2CCOCC2)nc1-c1ccc(C#N)cc1. The van der Waals surface area contributed by atoms with Crippen molar-refractivity contribution >= 4 is 11.9 Å². The Labute approximate surface area is 187 Å². The molecule has 0 atom stereocenters. The van der Waals surface area contributed by atoms with Gasteiger partial charge in [0, 0.05) is 37.9 Å². The van der Waals surface area contributed by atoms with Crippen molar-refractivity contribution in [3.05, 3.63) is 77.5 Å². The molecular formula is C25H25N5O2. The molecule has 4 rings (SSSR count).